The van der Waals surface area contributed by atoms with Crippen LogP contribution in [0.25, 0.3) is 0 Å². The molecule has 1 aliphatic heterocycles. The minimum Gasteiger partial charge on any atom is -0.355 e. The zero-order chi connectivity index (χ0) is 17.1. The lowest BCUT2D eigenvalue weighted by Gasteiger charge is -2.24. The summed E-state index contributed by atoms with van der Waals surface area (Å²) in [6, 6.07) is 17.4. The number of amides is 1. The first-order valence-corrected chi connectivity index (χ1v) is 8.38. The first-order valence-electron chi connectivity index (χ1n) is 8.38. The van der Waals surface area contributed by atoms with Gasteiger partial charge < -0.3 is 10.6 Å². The van der Waals surface area contributed by atoms with Gasteiger partial charge in [-0.15, -0.1) is 0 Å². The van der Waals surface area contributed by atoms with E-state index in [2.05, 4.69) is 20.7 Å². The zero-order valence-corrected chi connectivity index (χ0v) is 13.7. The van der Waals surface area contributed by atoms with Crippen LogP contribution < -0.4 is 10.6 Å². The Morgan fingerprint density at radius 3 is 2.76 bits per heavy atom. The fourth-order valence-electron chi connectivity index (χ4n) is 3.09. The van der Waals surface area contributed by atoms with Gasteiger partial charge in [0.2, 0.25) is 0 Å². The number of carbonyl (C=O) groups excluding carboxylic acids is 1. The molecule has 6 nitrogen and oxygen atoms in total. The summed E-state index contributed by atoms with van der Waals surface area (Å²) in [5.41, 5.74) is 2.38. The van der Waals surface area contributed by atoms with E-state index in [9.17, 15) is 4.79 Å². The topological polar surface area (TPSA) is 71.8 Å². The summed E-state index contributed by atoms with van der Waals surface area (Å²) in [7, 11) is 0. The van der Waals surface area contributed by atoms with Gasteiger partial charge in [-0.25, -0.2) is 9.67 Å². The summed E-state index contributed by atoms with van der Waals surface area (Å²) in [6.07, 6.45) is 3.27. The lowest BCUT2D eigenvalue weighted by atomic mass is 10.1. The summed E-state index contributed by atoms with van der Waals surface area (Å²) in [6.45, 7) is 0.662. The van der Waals surface area contributed by atoms with Crippen LogP contribution in [0.15, 0.2) is 60.9 Å². The molecule has 0 bridgehead atoms. The number of carbonyl (C=O) groups is 1. The van der Waals surface area contributed by atoms with Gasteiger partial charge in [0.1, 0.15) is 12.2 Å². The molecule has 1 atom stereocenters. The fourth-order valence-corrected chi connectivity index (χ4v) is 3.09. The van der Waals surface area contributed by atoms with Crippen molar-refractivity contribution in [3.05, 3.63) is 72.3 Å². The summed E-state index contributed by atoms with van der Waals surface area (Å²) < 4.78 is 1.86. The average Bonchev–Trinajstić information content (AvgIpc) is 3.11. The molecule has 25 heavy (non-hydrogen) atoms. The molecule has 2 aromatic carbocycles. The quantitative estimate of drug-likeness (QED) is 0.770. The van der Waals surface area contributed by atoms with Gasteiger partial charge in [-0.1, -0.05) is 30.3 Å². The van der Waals surface area contributed by atoms with E-state index in [4.69, 9.17) is 0 Å². The summed E-state index contributed by atoms with van der Waals surface area (Å²) in [5, 5.41) is 10.6. The molecule has 2 heterocycles. The van der Waals surface area contributed by atoms with E-state index in [-0.39, 0.29) is 11.9 Å². The van der Waals surface area contributed by atoms with E-state index in [1.165, 1.54) is 0 Å². The first kappa shape index (κ1) is 15.4. The molecular formula is C19H19N5O. The van der Waals surface area contributed by atoms with Crippen LogP contribution in [0.3, 0.4) is 0 Å². The van der Waals surface area contributed by atoms with Gasteiger partial charge in [-0.2, -0.15) is 5.10 Å². The lowest BCUT2D eigenvalue weighted by Crippen LogP contribution is -2.41. The predicted octanol–water partition coefficient (Wildman–Crippen LogP) is 2.77. The van der Waals surface area contributed by atoms with Gasteiger partial charge in [0.05, 0.1) is 17.8 Å². The molecule has 4 rings (SSSR count). The van der Waals surface area contributed by atoms with Crippen molar-refractivity contribution >= 4 is 17.3 Å². The van der Waals surface area contributed by atoms with E-state index in [1.807, 2.05) is 59.3 Å². The van der Waals surface area contributed by atoms with Gasteiger partial charge >= 0.3 is 0 Å². The minimum absolute atomic E-state index is 0.0616. The third-order valence-electron chi connectivity index (χ3n) is 4.37. The fraction of sp³-hybridized carbons (Fsp3) is 0.211. The smallest absolute Gasteiger partial charge is 0.253 e. The standard InChI is InChI=1S/C19H19N5O/c25-19(23-15-10-11-18-20-13-21-24(18)12-15)16-8-4-5-9-17(16)22-14-6-2-1-3-7-14/h1-9,13,15,22H,10-12H2,(H,23,25). The number of aryl methyl sites for hydroxylation is 1. The van der Waals surface area contributed by atoms with E-state index >= 15 is 0 Å². The largest absolute Gasteiger partial charge is 0.355 e. The molecule has 1 aromatic heterocycles. The average molecular weight is 333 g/mol. The lowest BCUT2D eigenvalue weighted by molar-refractivity contribution is 0.0927. The van der Waals surface area contributed by atoms with Gasteiger partial charge in [0.15, 0.2) is 0 Å². The second-order valence-electron chi connectivity index (χ2n) is 6.10. The van der Waals surface area contributed by atoms with Crippen molar-refractivity contribution in [3.8, 4) is 0 Å². The zero-order valence-electron chi connectivity index (χ0n) is 13.7. The molecule has 0 saturated carbocycles. The summed E-state index contributed by atoms with van der Waals surface area (Å²) in [4.78, 5) is 17.0. The van der Waals surface area contributed by atoms with Crippen LogP contribution in [-0.4, -0.2) is 26.7 Å². The number of rotatable bonds is 4. The number of fused-ring (bicyclic) bond motifs is 1. The number of aromatic nitrogens is 3. The molecule has 3 aromatic rings. The maximum atomic E-state index is 12.8. The molecule has 0 fully saturated rings. The Hall–Kier alpha value is -3.15. The van der Waals surface area contributed by atoms with Crippen LogP contribution in [0.5, 0.6) is 0 Å². The van der Waals surface area contributed by atoms with E-state index < -0.39 is 0 Å². The normalized spacial score (nSPS) is 16.1. The highest BCUT2D eigenvalue weighted by Crippen LogP contribution is 2.21. The Balaban J connectivity index is 1.49. The third kappa shape index (κ3) is 3.38. The Bertz CT molecular complexity index is 874. The van der Waals surface area contributed by atoms with Crippen LogP contribution in [0, 0.1) is 0 Å². The number of hydrogen-bond donors (Lipinski definition) is 2. The Morgan fingerprint density at radius 1 is 1.08 bits per heavy atom. The van der Waals surface area contributed by atoms with Crippen molar-refractivity contribution in [1.82, 2.24) is 20.1 Å². The molecule has 0 radical (unpaired) electrons. The van der Waals surface area contributed by atoms with E-state index in [0.29, 0.717) is 12.1 Å². The highest BCUT2D eigenvalue weighted by molar-refractivity contribution is 6.00. The number of anilines is 2. The third-order valence-corrected chi connectivity index (χ3v) is 4.37. The van der Waals surface area contributed by atoms with Crippen LogP contribution in [0.4, 0.5) is 11.4 Å². The van der Waals surface area contributed by atoms with Crippen molar-refractivity contribution < 1.29 is 4.79 Å². The molecular weight excluding hydrogens is 314 g/mol. The van der Waals surface area contributed by atoms with Crippen LogP contribution in [-0.2, 0) is 13.0 Å². The van der Waals surface area contributed by atoms with Crippen molar-refractivity contribution in [2.45, 2.75) is 25.4 Å². The minimum atomic E-state index is -0.0763. The van der Waals surface area contributed by atoms with Gasteiger partial charge in [-0.3, -0.25) is 4.79 Å². The van der Waals surface area contributed by atoms with Gasteiger partial charge in [0, 0.05) is 18.2 Å². The molecule has 6 heteroatoms. The maximum absolute atomic E-state index is 12.8. The van der Waals surface area contributed by atoms with Crippen LogP contribution in [0.1, 0.15) is 22.6 Å². The second-order valence-corrected chi connectivity index (χ2v) is 6.10. The second kappa shape index (κ2) is 6.76. The summed E-state index contributed by atoms with van der Waals surface area (Å²) >= 11 is 0. The van der Waals surface area contributed by atoms with Crippen LogP contribution >= 0.6 is 0 Å². The Kier molecular flexibility index (Phi) is 4.16. The molecule has 0 aliphatic carbocycles. The highest BCUT2D eigenvalue weighted by atomic mass is 16.1. The summed E-state index contributed by atoms with van der Waals surface area (Å²) in [5.74, 6) is 0.907. The molecule has 126 valence electrons. The molecule has 0 spiro atoms. The van der Waals surface area contributed by atoms with Crippen molar-refractivity contribution in [2.75, 3.05) is 5.32 Å². The van der Waals surface area contributed by atoms with Crippen molar-refractivity contribution in [3.63, 3.8) is 0 Å². The Labute approximate surface area is 145 Å². The van der Waals surface area contributed by atoms with E-state index in [0.717, 1.165) is 30.0 Å². The molecule has 1 aliphatic rings. The van der Waals surface area contributed by atoms with Gasteiger partial charge in [0.25, 0.3) is 5.91 Å². The Morgan fingerprint density at radius 2 is 1.88 bits per heavy atom. The molecule has 1 amide bonds. The SMILES string of the molecule is O=C(NC1CCc2ncnn2C1)c1ccccc1Nc1ccccc1. The number of nitrogens with one attached hydrogen (secondary N) is 2. The molecule has 2 N–H and O–H groups in total. The molecule has 0 saturated heterocycles. The molecule has 1 unspecified atom stereocenters. The number of benzene rings is 2. The van der Waals surface area contributed by atoms with Crippen LogP contribution in [0.2, 0.25) is 0 Å². The predicted molar refractivity (Wildman–Crippen MR) is 95.8 cm³/mol. The number of nitrogens with zero attached hydrogens (tertiary/aromatic N) is 3. The van der Waals surface area contributed by atoms with Gasteiger partial charge in [-0.05, 0) is 30.7 Å². The highest BCUT2D eigenvalue weighted by Gasteiger charge is 2.22. The number of hydrogen-bond acceptors (Lipinski definition) is 4. The first-order chi connectivity index (χ1) is 12.3. The van der Waals surface area contributed by atoms with Crippen molar-refractivity contribution in [1.29, 1.82) is 0 Å². The van der Waals surface area contributed by atoms with E-state index in [1.54, 1.807) is 6.33 Å². The number of para-hydroxylation sites is 2. The maximum Gasteiger partial charge on any atom is 0.253 e. The van der Waals surface area contributed by atoms with Crippen molar-refractivity contribution in [2.24, 2.45) is 0 Å². The monoisotopic (exact) mass is 333 g/mol.